The number of hydrogen-bond acceptors (Lipinski definition) is 3. The molecule has 6 nitrogen and oxygen atoms in total. The van der Waals surface area contributed by atoms with Crippen molar-refractivity contribution in [2.45, 2.75) is 26.2 Å². The fraction of sp³-hybridized carbons (Fsp3) is 0.250. The molecule has 1 aliphatic carbocycles. The number of aromatic nitrogens is 2. The fourth-order valence-corrected chi connectivity index (χ4v) is 2.25. The van der Waals surface area contributed by atoms with E-state index in [1.165, 1.54) is 32.3 Å². The number of nitrogens with zero attached hydrogens (tertiary/aromatic N) is 2. The molecule has 7 heteroatoms. The third-order valence-corrected chi connectivity index (χ3v) is 3.69. The second-order valence-electron chi connectivity index (χ2n) is 6.04. The highest BCUT2D eigenvalue weighted by molar-refractivity contribution is 5.81. The lowest BCUT2D eigenvalue weighted by Crippen LogP contribution is -2.23. The molecule has 0 bridgehead atoms. The van der Waals surface area contributed by atoms with Crippen LogP contribution in [-0.2, 0) is 9.59 Å². The number of amides is 2. The molecule has 2 heterocycles. The van der Waals surface area contributed by atoms with Crippen molar-refractivity contribution in [1.82, 2.24) is 14.7 Å². The summed E-state index contributed by atoms with van der Waals surface area (Å²) in [4.78, 5) is 25.8. The van der Waals surface area contributed by atoms with Gasteiger partial charge in [0.1, 0.15) is 11.5 Å². The maximum absolute atomic E-state index is 13.8. The van der Waals surface area contributed by atoms with Crippen molar-refractivity contribution in [3.63, 3.8) is 0 Å². The summed E-state index contributed by atoms with van der Waals surface area (Å²) < 4.78 is 15.5. The third kappa shape index (κ3) is 5.91. The van der Waals surface area contributed by atoms with Crippen molar-refractivity contribution in [3.05, 3.63) is 60.7 Å². The zero-order chi connectivity index (χ0) is 19.8. The second kappa shape index (κ2) is 9.47. The Morgan fingerprint density at radius 2 is 2.04 bits per heavy atom. The number of nitrogens with one attached hydrogen (secondary N) is 2. The van der Waals surface area contributed by atoms with Crippen LogP contribution >= 0.6 is 0 Å². The summed E-state index contributed by atoms with van der Waals surface area (Å²) in [7, 11) is 0. The number of carbonyl (C=O) groups excluding carboxylic acids is 2. The Bertz CT molecular complexity index is 894. The van der Waals surface area contributed by atoms with E-state index >= 15 is 0 Å². The minimum atomic E-state index is -0.646. The first-order valence-corrected chi connectivity index (χ1v) is 8.60. The van der Waals surface area contributed by atoms with Crippen LogP contribution in [0.1, 0.15) is 31.7 Å². The predicted octanol–water partition coefficient (Wildman–Crippen LogP) is 3.63. The Morgan fingerprint density at radius 3 is 2.56 bits per heavy atom. The van der Waals surface area contributed by atoms with Crippen molar-refractivity contribution < 1.29 is 14.0 Å². The first-order chi connectivity index (χ1) is 13.0. The molecule has 0 aromatic carbocycles. The number of pyridine rings is 1. The molecule has 1 fully saturated rings. The van der Waals surface area contributed by atoms with Gasteiger partial charge in [-0.05, 0) is 23.3 Å². The maximum Gasteiger partial charge on any atom is 0.217 e. The van der Waals surface area contributed by atoms with Crippen LogP contribution in [0, 0.1) is 0 Å². The molecular weight excluding hydrogens is 347 g/mol. The van der Waals surface area contributed by atoms with E-state index < -0.39 is 5.83 Å². The lowest BCUT2D eigenvalue weighted by atomic mass is 10.0. The average Bonchev–Trinajstić information content (AvgIpc) is 3.45. The van der Waals surface area contributed by atoms with Gasteiger partial charge in [-0.2, -0.15) is 0 Å². The van der Waals surface area contributed by atoms with Crippen LogP contribution < -0.4 is 10.6 Å². The summed E-state index contributed by atoms with van der Waals surface area (Å²) in [5.74, 6) is -0.515. The molecule has 1 saturated carbocycles. The zero-order valence-corrected chi connectivity index (χ0v) is 15.3. The summed E-state index contributed by atoms with van der Waals surface area (Å²) >= 11 is 0. The molecule has 1 aliphatic rings. The van der Waals surface area contributed by atoms with Crippen LogP contribution in [0.25, 0.3) is 11.2 Å². The Labute approximate surface area is 157 Å². The summed E-state index contributed by atoms with van der Waals surface area (Å²) in [5, 5.41) is 5.02. The third-order valence-electron chi connectivity index (χ3n) is 3.69. The Hall–Kier alpha value is -3.22. The van der Waals surface area contributed by atoms with Gasteiger partial charge in [-0.25, -0.2) is 9.37 Å². The molecule has 3 rings (SSSR count). The van der Waals surface area contributed by atoms with Gasteiger partial charge in [0.15, 0.2) is 5.82 Å². The van der Waals surface area contributed by atoms with Gasteiger partial charge in [-0.1, -0.05) is 38.5 Å². The van der Waals surface area contributed by atoms with E-state index in [2.05, 4.69) is 28.8 Å². The van der Waals surface area contributed by atoms with Gasteiger partial charge in [0, 0.05) is 25.2 Å². The minimum absolute atomic E-state index is 0.00589. The molecule has 2 amide bonds. The lowest BCUT2D eigenvalue weighted by molar-refractivity contribution is -0.118. The molecular formula is C20H23FN4O2. The number of anilines is 1. The van der Waals surface area contributed by atoms with Crippen LogP contribution in [0.2, 0.25) is 0 Å². The van der Waals surface area contributed by atoms with Crippen molar-refractivity contribution >= 4 is 29.4 Å². The van der Waals surface area contributed by atoms with Gasteiger partial charge < -0.3 is 15.0 Å². The summed E-state index contributed by atoms with van der Waals surface area (Å²) in [6, 6.07) is 3.48. The maximum atomic E-state index is 13.8. The van der Waals surface area contributed by atoms with Crippen LogP contribution in [0.3, 0.4) is 0 Å². The van der Waals surface area contributed by atoms with Gasteiger partial charge in [0.05, 0.1) is 6.20 Å². The van der Waals surface area contributed by atoms with E-state index in [1.807, 2.05) is 0 Å². The first-order valence-electron chi connectivity index (χ1n) is 8.60. The molecule has 0 atom stereocenters. The van der Waals surface area contributed by atoms with Crippen molar-refractivity contribution in [2.24, 2.45) is 0 Å². The topological polar surface area (TPSA) is 75.5 Å². The van der Waals surface area contributed by atoms with E-state index in [0.717, 1.165) is 0 Å². The average molecular weight is 370 g/mol. The first kappa shape index (κ1) is 20.1. The Balaban J connectivity index is 0.000000789. The zero-order valence-electron chi connectivity index (χ0n) is 15.3. The number of allylic oxidation sites excluding steroid dienone is 2. The second-order valence-corrected chi connectivity index (χ2v) is 6.04. The van der Waals surface area contributed by atoms with Crippen LogP contribution in [0.4, 0.5) is 10.2 Å². The molecule has 0 unspecified atom stereocenters. The van der Waals surface area contributed by atoms with Crippen molar-refractivity contribution in [2.75, 3.05) is 11.9 Å². The molecule has 0 aliphatic heterocycles. The molecule has 2 aromatic rings. The molecule has 2 aromatic heterocycles. The highest BCUT2D eigenvalue weighted by Gasteiger charge is 2.12. The van der Waals surface area contributed by atoms with E-state index in [9.17, 15) is 14.0 Å². The van der Waals surface area contributed by atoms with Crippen molar-refractivity contribution in [1.29, 1.82) is 0 Å². The molecule has 0 saturated heterocycles. The standard InChI is InChI=1S/C17H17FN4O2.C3H6/c1-4-14(15(11(2)18)7-19-12(3)24)13-5-6-17-21-16(20-10-23)9-22(17)8-13;1-2-3-1/h4-6,8-10H,1-2,7H2,3H3,(H,19,24)(H,20,23);1-3H2/b15-14+;. The number of halogens is 1. The summed E-state index contributed by atoms with van der Waals surface area (Å²) in [5.41, 5.74) is 2.04. The predicted molar refractivity (Wildman–Crippen MR) is 105 cm³/mol. The van der Waals surface area contributed by atoms with Crippen LogP contribution in [-0.4, -0.2) is 28.2 Å². The molecule has 0 spiro atoms. The number of carbonyl (C=O) groups is 2. The van der Waals surface area contributed by atoms with Gasteiger partial charge in [0.2, 0.25) is 12.3 Å². The smallest absolute Gasteiger partial charge is 0.217 e. The van der Waals surface area contributed by atoms with E-state index in [4.69, 9.17) is 0 Å². The van der Waals surface area contributed by atoms with E-state index in [1.54, 1.807) is 28.9 Å². The summed E-state index contributed by atoms with van der Waals surface area (Å²) in [6.07, 6.45) is 9.90. The molecule has 27 heavy (non-hydrogen) atoms. The van der Waals surface area contributed by atoms with E-state index in [-0.39, 0.29) is 18.0 Å². The number of fused-ring (bicyclic) bond motifs is 1. The quantitative estimate of drug-likeness (QED) is 0.577. The molecule has 142 valence electrons. The highest BCUT2D eigenvalue weighted by Crippen LogP contribution is 2.25. The van der Waals surface area contributed by atoms with Gasteiger partial charge in [-0.15, -0.1) is 0 Å². The van der Waals surface area contributed by atoms with Gasteiger partial charge in [0.25, 0.3) is 0 Å². The Kier molecular flexibility index (Phi) is 7.05. The largest absolute Gasteiger partial charge is 0.352 e. The Morgan fingerprint density at radius 1 is 1.33 bits per heavy atom. The van der Waals surface area contributed by atoms with Crippen LogP contribution in [0.5, 0.6) is 0 Å². The number of rotatable bonds is 7. The highest BCUT2D eigenvalue weighted by atomic mass is 19.1. The molecule has 2 N–H and O–H groups in total. The van der Waals surface area contributed by atoms with Gasteiger partial charge in [-0.3, -0.25) is 9.59 Å². The van der Waals surface area contributed by atoms with Gasteiger partial charge >= 0.3 is 0 Å². The number of imidazole rings is 1. The normalized spacial score (nSPS) is 13.0. The van der Waals surface area contributed by atoms with Crippen LogP contribution in [0.15, 0.2) is 55.2 Å². The number of hydrogen-bond donors (Lipinski definition) is 2. The molecule has 0 radical (unpaired) electrons. The lowest BCUT2D eigenvalue weighted by Gasteiger charge is -2.12. The SMILES string of the molecule is C1CC1.C=C/C(=C(/CNC(C)=O)C(=C)F)c1ccc2nc(NC=O)cn2c1. The summed E-state index contributed by atoms with van der Waals surface area (Å²) in [6.45, 7) is 8.41. The monoisotopic (exact) mass is 370 g/mol. The minimum Gasteiger partial charge on any atom is -0.352 e. The van der Waals surface area contributed by atoms with E-state index in [0.29, 0.717) is 29.0 Å². The fourth-order valence-electron chi connectivity index (χ4n) is 2.25. The van der Waals surface area contributed by atoms with Crippen molar-refractivity contribution in [3.8, 4) is 0 Å².